The zero-order valence-electron chi connectivity index (χ0n) is 37.9. The van der Waals surface area contributed by atoms with E-state index in [9.17, 15) is 24.1 Å². The lowest BCUT2D eigenvalue weighted by Gasteiger charge is -2.37. The molecule has 366 valence electrons. The second kappa shape index (κ2) is 18.6. The fourth-order valence-corrected chi connectivity index (χ4v) is 8.54. The lowest BCUT2D eigenvalue weighted by molar-refractivity contribution is -0.196. The summed E-state index contributed by atoms with van der Waals surface area (Å²) >= 11 is 0. The number of halogens is 4. The number of nitrogens with two attached hydrogens (primary N) is 1. The Morgan fingerprint density at radius 3 is 1.54 bits per heavy atom. The molecule has 9 rings (SSSR count). The van der Waals surface area contributed by atoms with E-state index in [1.165, 1.54) is 17.2 Å². The highest BCUT2D eigenvalue weighted by Gasteiger charge is 2.65. The number of alkyl halides is 4. The number of aromatic nitrogens is 8. The lowest BCUT2D eigenvalue weighted by Crippen LogP contribution is -2.45. The molecule has 0 amide bonds. The smallest absolute Gasteiger partial charge is 0.268 e. The summed E-state index contributed by atoms with van der Waals surface area (Å²) in [7, 11) is 1.60. The van der Waals surface area contributed by atoms with Crippen molar-refractivity contribution in [1.82, 2.24) is 39.0 Å². The third kappa shape index (κ3) is 8.37. The van der Waals surface area contributed by atoms with Crippen molar-refractivity contribution in [3.05, 3.63) is 114 Å². The molecule has 7 aromatic rings. The number of hydrogen-bond acceptors (Lipinski definition) is 17. The van der Waals surface area contributed by atoms with Gasteiger partial charge in [0.2, 0.25) is 23.7 Å². The minimum atomic E-state index is -3.13. The highest BCUT2D eigenvalue weighted by molar-refractivity contribution is 5.79. The van der Waals surface area contributed by atoms with Gasteiger partial charge in [0.15, 0.2) is 47.1 Å². The van der Waals surface area contributed by atoms with Crippen LogP contribution in [0.1, 0.15) is 56.8 Å². The maximum absolute atomic E-state index is 15.2. The summed E-state index contributed by atoms with van der Waals surface area (Å²) < 4.78 is 88.0. The van der Waals surface area contributed by atoms with Crippen molar-refractivity contribution in [2.75, 3.05) is 44.6 Å². The molecule has 2 fully saturated rings. The molecule has 2 aliphatic heterocycles. The van der Waals surface area contributed by atoms with E-state index in [2.05, 4.69) is 30.2 Å². The van der Waals surface area contributed by atoms with E-state index in [4.69, 9.17) is 39.5 Å². The summed E-state index contributed by atoms with van der Waals surface area (Å²) in [6.07, 6.45) is -5.77. The number of hydrogen-bond donors (Lipinski definition) is 6. The van der Waals surface area contributed by atoms with Crippen LogP contribution in [0.4, 0.5) is 29.5 Å². The second-order valence-electron chi connectivity index (χ2n) is 16.6. The third-order valence-electron chi connectivity index (χ3n) is 11.9. The predicted octanol–water partition coefficient (Wildman–Crippen LogP) is 5.00. The molecule has 23 heteroatoms. The van der Waals surface area contributed by atoms with Gasteiger partial charge in [-0.05, 0) is 56.5 Å². The molecule has 69 heavy (non-hydrogen) atoms. The van der Waals surface area contributed by atoms with Crippen LogP contribution < -0.4 is 25.3 Å². The van der Waals surface area contributed by atoms with Crippen LogP contribution in [0.15, 0.2) is 97.6 Å². The van der Waals surface area contributed by atoms with Gasteiger partial charge in [0.25, 0.3) is 11.7 Å². The average Bonchev–Trinajstić information content (AvgIpc) is 4.07. The molecule has 3 aromatic carbocycles. The average molecular weight is 963 g/mol. The predicted molar refractivity (Wildman–Crippen MR) is 240 cm³/mol. The van der Waals surface area contributed by atoms with E-state index in [1.807, 2.05) is 84.9 Å². The maximum atomic E-state index is 15.2. The first-order chi connectivity index (χ1) is 32.9. The van der Waals surface area contributed by atoms with E-state index in [1.54, 1.807) is 21.0 Å². The number of ether oxygens (including phenoxy) is 5. The first kappa shape index (κ1) is 48.7. The van der Waals surface area contributed by atoms with Crippen molar-refractivity contribution >= 4 is 34.2 Å². The summed E-state index contributed by atoms with van der Waals surface area (Å²) in [5, 5.41) is 43.6. The van der Waals surface area contributed by atoms with Gasteiger partial charge in [0.05, 0.1) is 33.0 Å². The molecule has 2 saturated heterocycles. The van der Waals surface area contributed by atoms with Gasteiger partial charge < -0.3 is 55.2 Å². The van der Waals surface area contributed by atoms with Crippen LogP contribution in [0.25, 0.3) is 22.3 Å². The van der Waals surface area contributed by atoms with E-state index in [-0.39, 0.29) is 52.6 Å². The van der Waals surface area contributed by atoms with Crippen molar-refractivity contribution in [2.45, 2.75) is 80.9 Å². The van der Waals surface area contributed by atoms with Crippen LogP contribution >= 0.6 is 0 Å². The van der Waals surface area contributed by atoms with Gasteiger partial charge in [-0.1, -0.05) is 72.8 Å². The summed E-state index contributed by atoms with van der Waals surface area (Å²) in [6, 6.07) is 27.1. The Kier molecular flexibility index (Phi) is 13.1. The number of rotatable bonds is 14. The first-order valence-electron chi connectivity index (χ1n) is 21.6. The van der Waals surface area contributed by atoms with Gasteiger partial charge in [-0.25, -0.2) is 27.5 Å². The quantitative estimate of drug-likeness (QED) is 0.0620. The third-order valence-corrected chi connectivity index (χ3v) is 11.9. The number of imidazole rings is 2. The molecule has 0 radical (unpaired) electrons. The number of anilines is 2. The molecular formula is C46H50F4N10O9. The molecule has 19 nitrogen and oxygen atoms in total. The van der Waals surface area contributed by atoms with Gasteiger partial charge in [-0.15, -0.1) is 0 Å². The Bertz CT molecular complexity index is 2860. The first-order valence-corrected chi connectivity index (χ1v) is 21.6. The van der Waals surface area contributed by atoms with E-state index >= 15 is 8.78 Å². The number of aliphatic hydroxyl groups excluding tert-OH is 2. The molecule has 7 N–H and O–H groups in total. The molecule has 0 spiro atoms. The number of aliphatic hydroxyl groups is 4. The molecule has 0 unspecified atom stereocenters. The maximum Gasteiger partial charge on any atom is 0.268 e. The van der Waals surface area contributed by atoms with Gasteiger partial charge in [-0.2, -0.15) is 19.9 Å². The number of methoxy groups -OCH3 is 1. The topological polar surface area (TPSA) is 252 Å². The minimum absolute atomic E-state index is 0.0746. The SMILES string of the molecule is CCOc1nc(N)nc2c1ncn2[C@@H]1O[C@](F)(CO)[C@@H](F)[C@@]1(C)O.CCOc1nc(NC(c2ccccc2)(c2ccccc2)c2ccc(OC)cc2)nc2c1ncn2[C@@H]1O[C@](F)(CO)[C@@H](F)[C@@]1(C)O. The number of nitrogen functional groups attached to an aromatic ring is 1. The van der Waals surface area contributed by atoms with Crippen molar-refractivity contribution in [2.24, 2.45) is 0 Å². The van der Waals surface area contributed by atoms with Gasteiger partial charge in [0.1, 0.15) is 35.7 Å². The monoisotopic (exact) mass is 962 g/mol. The standard InChI is InChI=1S/C33H33F2N5O5.C13H17F2N5O4/c1-4-44-27-25-26(40(20-36-25)29-31(2,42)28(34)32(35,19-41)45-29)37-30(38-27)39-33(21-11-7-5-8-12-21,22-13-9-6-10-14-22)23-15-17-24(43-3)18-16-23;1-3-23-8-6-7(18-11(16)19-8)20(5-17-6)10-12(2,22)9(14)13(15,4-21)24-10/h5-18,20,28-29,41-42H,4,19H2,1-3H3,(H,37,38,39);5,9-10,21-22H,3-4H2,1-2H3,(H2,16,18,19)/t28-,29+,31+,32+;9-,10+,12+,13+/m00/s1. The van der Waals surface area contributed by atoms with Gasteiger partial charge in [-0.3, -0.25) is 9.13 Å². The largest absolute Gasteiger partial charge is 0.497 e. The summed E-state index contributed by atoms with van der Waals surface area (Å²) in [4.78, 5) is 25.7. The van der Waals surface area contributed by atoms with Crippen LogP contribution in [0.2, 0.25) is 0 Å². The molecular weight excluding hydrogens is 913 g/mol. The number of nitrogens with one attached hydrogen (secondary N) is 1. The van der Waals surface area contributed by atoms with Gasteiger partial charge >= 0.3 is 0 Å². The van der Waals surface area contributed by atoms with E-state index < -0.39 is 66.5 Å². The zero-order valence-corrected chi connectivity index (χ0v) is 37.9. The number of nitrogens with zero attached hydrogens (tertiary/aromatic N) is 8. The highest BCUT2D eigenvalue weighted by Crippen LogP contribution is 2.49. The summed E-state index contributed by atoms with van der Waals surface area (Å²) in [5.41, 5.74) is 3.01. The Morgan fingerprint density at radius 2 is 1.12 bits per heavy atom. The van der Waals surface area contributed by atoms with Crippen molar-refractivity contribution in [3.8, 4) is 17.5 Å². The Balaban J connectivity index is 0.000000225. The normalized spacial score (nSPS) is 26.7. The minimum Gasteiger partial charge on any atom is -0.497 e. The Hall–Kier alpha value is -6.76. The van der Waals surface area contributed by atoms with Crippen LogP contribution in [-0.4, -0.2) is 128 Å². The van der Waals surface area contributed by atoms with Crippen LogP contribution in [-0.2, 0) is 15.0 Å². The van der Waals surface area contributed by atoms with Crippen LogP contribution in [0, 0.1) is 0 Å². The Morgan fingerprint density at radius 1 is 0.681 bits per heavy atom. The van der Waals surface area contributed by atoms with Crippen LogP contribution in [0.3, 0.4) is 0 Å². The molecule has 2 aliphatic rings. The molecule has 4 aromatic heterocycles. The van der Waals surface area contributed by atoms with Crippen molar-refractivity contribution in [1.29, 1.82) is 0 Å². The van der Waals surface area contributed by atoms with Crippen LogP contribution in [0.5, 0.6) is 17.5 Å². The van der Waals surface area contributed by atoms with E-state index in [0.29, 0.717) is 12.4 Å². The Labute approximate surface area is 391 Å². The number of benzene rings is 3. The molecule has 0 saturated carbocycles. The molecule has 0 bridgehead atoms. The number of fused-ring (bicyclic) bond motifs is 2. The fraction of sp³-hybridized carbons (Fsp3) is 0.391. The second-order valence-corrected chi connectivity index (χ2v) is 16.6. The van der Waals surface area contributed by atoms with Crippen molar-refractivity contribution in [3.63, 3.8) is 0 Å². The fourth-order valence-electron chi connectivity index (χ4n) is 8.54. The summed E-state index contributed by atoms with van der Waals surface area (Å²) in [5.74, 6) is -5.35. The van der Waals surface area contributed by atoms with E-state index in [0.717, 1.165) is 35.1 Å². The van der Waals surface area contributed by atoms with Crippen molar-refractivity contribution < 1.29 is 61.7 Å². The zero-order chi connectivity index (χ0) is 49.5. The molecule has 8 atom stereocenters. The lowest BCUT2D eigenvalue weighted by atomic mass is 9.77. The van der Waals surface area contributed by atoms with Gasteiger partial charge in [0, 0.05) is 0 Å². The highest BCUT2D eigenvalue weighted by atomic mass is 19.2. The summed E-state index contributed by atoms with van der Waals surface area (Å²) in [6.45, 7) is 3.64. The molecule has 6 heterocycles. The molecule has 0 aliphatic carbocycles.